The second-order valence-electron chi connectivity index (χ2n) is 5.59. The van der Waals surface area contributed by atoms with Crippen LogP contribution >= 0.6 is 11.3 Å². The fourth-order valence-corrected chi connectivity index (χ4v) is 3.39. The molecule has 122 valence electrons. The van der Waals surface area contributed by atoms with Crippen LogP contribution in [0.4, 0.5) is 5.69 Å². The fourth-order valence-electron chi connectivity index (χ4n) is 2.83. The summed E-state index contributed by atoms with van der Waals surface area (Å²) in [5, 5.41) is 11.3. The highest BCUT2D eigenvalue weighted by molar-refractivity contribution is 7.07. The van der Waals surface area contributed by atoms with Crippen LogP contribution in [0.1, 0.15) is 11.1 Å². The Balaban J connectivity index is 1.75. The predicted molar refractivity (Wildman–Crippen MR) is 95.4 cm³/mol. The van der Waals surface area contributed by atoms with Gasteiger partial charge in [0.1, 0.15) is 5.75 Å². The molecule has 25 heavy (non-hydrogen) atoms. The number of ether oxygens (including phenoxy) is 1. The molecule has 0 bridgehead atoms. The third kappa shape index (κ3) is 2.86. The van der Waals surface area contributed by atoms with Gasteiger partial charge in [-0.3, -0.25) is 4.79 Å². The van der Waals surface area contributed by atoms with Gasteiger partial charge in [0.25, 0.3) is 5.91 Å². The third-order valence-electron chi connectivity index (χ3n) is 4.10. The summed E-state index contributed by atoms with van der Waals surface area (Å²) in [5.74, 6) is 0.531. The number of thiazole rings is 1. The van der Waals surface area contributed by atoms with Crippen LogP contribution in [0.25, 0.3) is 11.3 Å². The van der Waals surface area contributed by atoms with Crippen molar-refractivity contribution in [2.24, 2.45) is 0 Å². The summed E-state index contributed by atoms with van der Waals surface area (Å²) < 4.78 is 5.56. The molecule has 0 unspecified atom stereocenters. The van der Waals surface area contributed by atoms with E-state index in [4.69, 9.17) is 4.74 Å². The van der Waals surface area contributed by atoms with Gasteiger partial charge in [-0.2, -0.15) is 5.26 Å². The van der Waals surface area contributed by atoms with Crippen molar-refractivity contribution in [2.75, 3.05) is 11.5 Å². The number of carbonyl (C=O) groups is 1. The minimum Gasteiger partial charge on any atom is -0.482 e. The molecular formula is C19H13N3O2S. The monoisotopic (exact) mass is 347 g/mol. The highest BCUT2D eigenvalue weighted by Gasteiger charge is 2.26. The van der Waals surface area contributed by atoms with Crippen LogP contribution in [-0.4, -0.2) is 17.5 Å². The van der Waals surface area contributed by atoms with Crippen LogP contribution in [0.15, 0.2) is 53.4 Å². The van der Waals surface area contributed by atoms with Crippen molar-refractivity contribution in [3.8, 4) is 23.1 Å². The lowest BCUT2D eigenvalue weighted by Gasteiger charge is -2.30. The van der Waals surface area contributed by atoms with Gasteiger partial charge in [0, 0.05) is 10.9 Å². The summed E-state index contributed by atoms with van der Waals surface area (Å²) in [6.07, 6.45) is 0. The van der Waals surface area contributed by atoms with Gasteiger partial charge >= 0.3 is 0 Å². The normalized spacial score (nSPS) is 13.1. The average Bonchev–Trinajstić information content (AvgIpc) is 3.19. The molecule has 0 aliphatic carbocycles. The van der Waals surface area contributed by atoms with Crippen LogP contribution in [0.2, 0.25) is 0 Å². The topological polar surface area (TPSA) is 66.2 Å². The number of benzene rings is 2. The first-order chi connectivity index (χ1) is 12.3. The molecule has 0 spiro atoms. The number of nitrogens with zero attached hydrogens (tertiary/aromatic N) is 3. The largest absolute Gasteiger partial charge is 0.482 e. The first-order valence-electron chi connectivity index (χ1n) is 7.70. The Morgan fingerprint density at radius 3 is 2.96 bits per heavy atom. The Hall–Kier alpha value is -3.17. The summed E-state index contributed by atoms with van der Waals surface area (Å²) in [5.41, 5.74) is 5.65. The molecule has 0 saturated carbocycles. The molecule has 0 N–H and O–H groups in total. The Kier molecular flexibility index (Phi) is 3.92. The van der Waals surface area contributed by atoms with Crippen LogP contribution in [0, 0.1) is 11.3 Å². The summed E-state index contributed by atoms with van der Waals surface area (Å²) in [4.78, 5) is 18.5. The number of hydrogen-bond acceptors (Lipinski definition) is 5. The van der Waals surface area contributed by atoms with Gasteiger partial charge in [0.2, 0.25) is 0 Å². The summed E-state index contributed by atoms with van der Waals surface area (Å²) in [6, 6.07) is 15.2. The Morgan fingerprint density at radius 1 is 1.28 bits per heavy atom. The van der Waals surface area contributed by atoms with Gasteiger partial charge in [-0.05, 0) is 29.8 Å². The molecule has 0 fully saturated rings. The number of anilines is 1. The number of carbonyl (C=O) groups excluding carboxylic acids is 1. The molecule has 4 rings (SSSR count). The molecule has 1 amide bonds. The molecule has 5 nitrogen and oxygen atoms in total. The zero-order chi connectivity index (χ0) is 17.2. The third-order valence-corrected chi connectivity index (χ3v) is 4.68. The maximum atomic E-state index is 12.5. The highest BCUT2D eigenvalue weighted by Crippen LogP contribution is 2.37. The zero-order valence-corrected chi connectivity index (χ0v) is 14.0. The minimum atomic E-state index is -0.129. The molecule has 0 saturated heterocycles. The van der Waals surface area contributed by atoms with E-state index < -0.39 is 0 Å². The molecule has 3 aromatic rings. The van der Waals surface area contributed by atoms with E-state index in [0.717, 1.165) is 16.8 Å². The molecule has 2 aromatic carbocycles. The van der Waals surface area contributed by atoms with E-state index in [-0.39, 0.29) is 12.5 Å². The van der Waals surface area contributed by atoms with Crippen LogP contribution < -0.4 is 9.64 Å². The predicted octanol–water partition coefficient (Wildman–Crippen LogP) is 3.61. The Bertz CT molecular complexity index is 977. The minimum absolute atomic E-state index is 0.00221. The number of fused-ring (bicyclic) bond motifs is 1. The maximum Gasteiger partial charge on any atom is 0.265 e. The molecule has 0 atom stereocenters. The zero-order valence-electron chi connectivity index (χ0n) is 13.2. The molecule has 6 heteroatoms. The van der Waals surface area contributed by atoms with Gasteiger partial charge in [-0.15, -0.1) is 11.3 Å². The standard InChI is InChI=1S/C19H13N3O2S/c20-8-14-3-1-2-4-15(14)9-22-17-7-13(16-11-25-12-21-16)5-6-18(17)24-10-19(22)23/h1-7,11-12H,9-10H2. The Labute approximate surface area is 148 Å². The molecule has 0 radical (unpaired) electrons. The Morgan fingerprint density at radius 2 is 2.16 bits per heavy atom. The second-order valence-corrected chi connectivity index (χ2v) is 6.31. The molecule has 2 heterocycles. The maximum absolute atomic E-state index is 12.5. The van der Waals surface area contributed by atoms with E-state index >= 15 is 0 Å². The number of hydrogen-bond donors (Lipinski definition) is 0. The summed E-state index contributed by atoms with van der Waals surface area (Å²) in [7, 11) is 0. The van der Waals surface area contributed by atoms with Crippen LogP contribution in [-0.2, 0) is 11.3 Å². The van der Waals surface area contributed by atoms with E-state index in [1.807, 2.05) is 41.8 Å². The number of rotatable bonds is 3. The van der Waals surface area contributed by atoms with Gasteiger partial charge in [-0.1, -0.05) is 18.2 Å². The van der Waals surface area contributed by atoms with Crippen molar-refractivity contribution in [2.45, 2.75) is 6.54 Å². The molecule has 1 aliphatic rings. The number of aromatic nitrogens is 1. The lowest BCUT2D eigenvalue weighted by molar-refractivity contribution is -0.121. The quantitative estimate of drug-likeness (QED) is 0.726. The second kappa shape index (κ2) is 6.38. The van der Waals surface area contributed by atoms with Gasteiger partial charge in [0.05, 0.1) is 35.1 Å². The molecule has 1 aliphatic heterocycles. The summed E-state index contributed by atoms with van der Waals surface area (Å²) in [6.45, 7) is 0.331. The average molecular weight is 347 g/mol. The van der Waals surface area contributed by atoms with E-state index in [2.05, 4.69) is 11.1 Å². The lowest BCUT2D eigenvalue weighted by Crippen LogP contribution is -2.38. The van der Waals surface area contributed by atoms with E-state index in [9.17, 15) is 10.1 Å². The van der Waals surface area contributed by atoms with E-state index in [1.165, 1.54) is 11.3 Å². The summed E-state index contributed by atoms with van der Waals surface area (Å²) >= 11 is 1.52. The smallest absolute Gasteiger partial charge is 0.265 e. The van der Waals surface area contributed by atoms with Crippen molar-refractivity contribution < 1.29 is 9.53 Å². The van der Waals surface area contributed by atoms with Crippen molar-refractivity contribution in [3.63, 3.8) is 0 Å². The SMILES string of the molecule is N#Cc1ccccc1CN1C(=O)COc2ccc(-c3cscn3)cc21. The molecular weight excluding hydrogens is 334 g/mol. The first kappa shape index (κ1) is 15.4. The first-order valence-corrected chi connectivity index (χ1v) is 8.64. The van der Waals surface area contributed by atoms with Crippen LogP contribution in [0.5, 0.6) is 5.75 Å². The van der Waals surface area contributed by atoms with Gasteiger partial charge in [0.15, 0.2) is 6.61 Å². The molecule has 1 aromatic heterocycles. The van der Waals surface area contributed by atoms with E-state index in [1.54, 1.807) is 16.5 Å². The number of amides is 1. The van der Waals surface area contributed by atoms with Crippen molar-refractivity contribution in [1.82, 2.24) is 4.98 Å². The van der Waals surface area contributed by atoms with Crippen molar-refractivity contribution >= 4 is 22.9 Å². The number of nitriles is 1. The van der Waals surface area contributed by atoms with E-state index in [0.29, 0.717) is 23.5 Å². The van der Waals surface area contributed by atoms with Crippen molar-refractivity contribution in [3.05, 3.63) is 64.5 Å². The van der Waals surface area contributed by atoms with Crippen molar-refractivity contribution in [1.29, 1.82) is 5.26 Å². The van der Waals surface area contributed by atoms with Gasteiger partial charge < -0.3 is 9.64 Å². The lowest BCUT2D eigenvalue weighted by atomic mass is 10.1. The van der Waals surface area contributed by atoms with Gasteiger partial charge in [-0.25, -0.2) is 4.98 Å². The van der Waals surface area contributed by atoms with Crippen LogP contribution in [0.3, 0.4) is 0 Å². The highest BCUT2D eigenvalue weighted by atomic mass is 32.1. The fraction of sp³-hybridized carbons (Fsp3) is 0.105.